The van der Waals surface area contributed by atoms with E-state index >= 15 is 0 Å². The Labute approximate surface area is 136 Å². The maximum atomic E-state index is 12.0. The first-order valence-electron chi connectivity index (χ1n) is 7.67. The number of carbonyl (C=O) groups excluding carboxylic acids is 1. The second kappa shape index (κ2) is 7.74. The number of aryl methyl sites for hydroxylation is 1. The first-order valence-corrected chi connectivity index (χ1v) is 7.67. The van der Waals surface area contributed by atoms with E-state index in [9.17, 15) is 9.90 Å². The lowest BCUT2D eigenvalue weighted by molar-refractivity contribution is -0.116. The molecule has 1 aromatic heterocycles. The maximum Gasteiger partial charge on any atom is 0.224 e. The summed E-state index contributed by atoms with van der Waals surface area (Å²) >= 11 is 0. The molecule has 0 spiro atoms. The molecule has 0 bridgehead atoms. The second-order valence-electron chi connectivity index (χ2n) is 6.13. The molecule has 2 aromatic rings. The Bertz CT molecular complexity index is 624. The van der Waals surface area contributed by atoms with Gasteiger partial charge in [0.05, 0.1) is 24.0 Å². The Morgan fingerprint density at radius 1 is 1.17 bits per heavy atom. The molecule has 0 fully saturated rings. The van der Waals surface area contributed by atoms with Gasteiger partial charge in [0.1, 0.15) is 5.82 Å². The van der Waals surface area contributed by atoms with Gasteiger partial charge in [-0.05, 0) is 38.0 Å². The number of benzene rings is 1. The van der Waals surface area contributed by atoms with Crippen LogP contribution in [-0.2, 0) is 11.2 Å². The SMILES string of the molecule is CC(C)(CO)Nc1ccc(NC(=O)CCc2ccccc2)cn1. The van der Waals surface area contributed by atoms with Crippen LogP contribution in [0.15, 0.2) is 48.7 Å². The fraction of sp³-hybridized carbons (Fsp3) is 0.333. The Balaban J connectivity index is 1.84. The Hall–Kier alpha value is -2.40. The summed E-state index contributed by atoms with van der Waals surface area (Å²) in [7, 11) is 0. The van der Waals surface area contributed by atoms with Crippen LogP contribution in [0, 0.1) is 0 Å². The summed E-state index contributed by atoms with van der Waals surface area (Å²) in [5.41, 5.74) is 1.37. The van der Waals surface area contributed by atoms with Crippen molar-refractivity contribution in [2.24, 2.45) is 0 Å². The van der Waals surface area contributed by atoms with E-state index in [0.717, 1.165) is 5.56 Å². The number of aliphatic hydroxyl groups is 1. The second-order valence-corrected chi connectivity index (χ2v) is 6.13. The molecular weight excluding hydrogens is 290 g/mol. The average Bonchev–Trinajstić information content (AvgIpc) is 2.55. The first kappa shape index (κ1) is 17.0. The van der Waals surface area contributed by atoms with Gasteiger partial charge >= 0.3 is 0 Å². The number of aromatic nitrogens is 1. The van der Waals surface area contributed by atoms with Gasteiger partial charge in [-0.25, -0.2) is 4.98 Å². The smallest absolute Gasteiger partial charge is 0.224 e. The number of rotatable bonds is 7. The van der Waals surface area contributed by atoms with Gasteiger partial charge in [0, 0.05) is 6.42 Å². The third-order valence-electron chi connectivity index (χ3n) is 3.39. The van der Waals surface area contributed by atoms with E-state index < -0.39 is 5.54 Å². The van der Waals surface area contributed by atoms with Crippen LogP contribution < -0.4 is 10.6 Å². The van der Waals surface area contributed by atoms with Crippen molar-refractivity contribution in [1.82, 2.24) is 4.98 Å². The molecule has 0 aliphatic rings. The molecule has 122 valence electrons. The zero-order valence-corrected chi connectivity index (χ0v) is 13.5. The minimum atomic E-state index is -0.437. The largest absolute Gasteiger partial charge is 0.394 e. The fourth-order valence-electron chi connectivity index (χ4n) is 2.05. The highest BCUT2D eigenvalue weighted by Gasteiger charge is 2.16. The van der Waals surface area contributed by atoms with E-state index in [4.69, 9.17) is 0 Å². The Kier molecular flexibility index (Phi) is 5.71. The highest BCUT2D eigenvalue weighted by atomic mass is 16.3. The quantitative estimate of drug-likeness (QED) is 0.735. The topological polar surface area (TPSA) is 74.2 Å². The molecule has 0 aliphatic heterocycles. The van der Waals surface area contributed by atoms with Crippen LogP contribution in [0.5, 0.6) is 0 Å². The van der Waals surface area contributed by atoms with Crippen molar-refractivity contribution in [3.63, 3.8) is 0 Å². The van der Waals surface area contributed by atoms with Crippen LogP contribution in [-0.4, -0.2) is 28.1 Å². The lowest BCUT2D eigenvalue weighted by Crippen LogP contribution is -2.35. The van der Waals surface area contributed by atoms with Crippen molar-refractivity contribution in [3.05, 3.63) is 54.2 Å². The van der Waals surface area contributed by atoms with Crippen molar-refractivity contribution in [2.45, 2.75) is 32.2 Å². The number of nitrogens with one attached hydrogen (secondary N) is 2. The minimum absolute atomic E-state index is 0.00660. The molecule has 2 rings (SSSR count). The van der Waals surface area contributed by atoms with Crippen molar-refractivity contribution >= 4 is 17.4 Å². The molecule has 1 aromatic carbocycles. The van der Waals surface area contributed by atoms with Gasteiger partial charge in [0.2, 0.25) is 5.91 Å². The first-order chi connectivity index (χ1) is 11.0. The van der Waals surface area contributed by atoms with E-state index in [2.05, 4.69) is 15.6 Å². The average molecular weight is 313 g/mol. The standard InChI is InChI=1S/C18H23N3O2/c1-18(2,13-22)21-16-10-9-15(12-19-16)20-17(23)11-8-14-6-4-3-5-7-14/h3-7,9-10,12,22H,8,11,13H2,1-2H3,(H,19,21)(H,20,23). The van der Waals surface area contributed by atoms with Crippen molar-refractivity contribution in [3.8, 4) is 0 Å². The molecule has 3 N–H and O–H groups in total. The summed E-state index contributed by atoms with van der Waals surface area (Å²) in [6, 6.07) is 13.5. The summed E-state index contributed by atoms with van der Waals surface area (Å²) in [4.78, 5) is 16.2. The number of nitrogens with zero attached hydrogens (tertiary/aromatic N) is 1. The van der Waals surface area contributed by atoms with E-state index in [1.807, 2.05) is 44.2 Å². The summed E-state index contributed by atoms with van der Waals surface area (Å²) in [6.45, 7) is 3.77. The minimum Gasteiger partial charge on any atom is -0.394 e. The number of hydrogen-bond donors (Lipinski definition) is 3. The molecule has 0 atom stereocenters. The lowest BCUT2D eigenvalue weighted by atomic mass is 10.1. The number of carbonyl (C=O) groups is 1. The van der Waals surface area contributed by atoms with Crippen LogP contribution in [0.3, 0.4) is 0 Å². The molecule has 1 amide bonds. The lowest BCUT2D eigenvalue weighted by Gasteiger charge is -2.24. The molecule has 0 radical (unpaired) electrons. The van der Waals surface area contributed by atoms with E-state index in [-0.39, 0.29) is 12.5 Å². The van der Waals surface area contributed by atoms with E-state index in [1.54, 1.807) is 18.3 Å². The van der Waals surface area contributed by atoms with Crippen LogP contribution in [0.1, 0.15) is 25.8 Å². The van der Waals surface area contributed by atoms with Gasteiger partial charge in [0.15, 0.2) is 0 Å². The molecule has 0 saturated carbocycles. The van der Waals surface area contributed by atoms with Crippen LogP contribution in [0.2, 0.25) is 0 Å². The Morgan fingerprint density at radius 3 is 2.52 bits per heavy atom. The molecular formula is C18H23N3O2. The third kappa shape index (κ3) is 5.71. The summed E-state index contributed by atoms with van der Waals surface area (Å²) in [5.74, 6) is 0.624. The summed E-state index contributed by atoms with van der Waals surface area (Å²) < 4.78 is 0. The van der Waals surface area contributed by atoms with E-state index in [1.165, 1.54) is 0 Å². The van der Waals surface area contributed by atoms with Crippen LogP contribution >= 0.6 is 0 Å². The highest BCUT2D eigenvalue weighted by molar-refractivity contribution is 5.90. The van der Waals surface area contributed by atoms with Gasteiger partial charge in [-0.2, -0.15) is 0 Å². The Morgan fingerprint density at radius 2 is 1.91 bits per heavy atom. The molecule has 0 aliphatic carbocycles. The van der Waals surface area contributed by atoms with Gasteiger partial charge in [0.25, 0.3) is 0 Å². The number of amides is 1. The zero-order valence-electron chi connectivity index (χ0n) is 13.5. The number of pyridine rings is 1. The van der Waals surface area contributed by atoms with Gasteiger partial charge < -0.3 is 15.7 Å². The monoisotopic (exact) mass is 313 g/mol. The third-order valence-corrected chi connectivity index (χ3v) is 3.39. The molecule has 5 nitrogen and oxygen atoms in total. The molecule has 0 saturated heterocycles. The molecule has 5 heteroatoms. The van der Waals surface area contributed by atoms with Crippen molar-refractivity contribution < 1.29 is 9.90 Å². The van der Waals surface area contributed by atoms with Gasteiger partial charge in [-0.3, -0.25) is 4.79 Å². The number of anilines is 2. The number of hydrogen-bond acceptors (Lipinski definition) is 4. The normalized spacial score (nSPS) is 11.1. The van der Waals surface area contributed by atoms with Gasteiger partial charge in [-0.15, -0.1) is 0 Å². The fourth-order valence-corrected chi connectivity index (χ4v) is 2.05. The maximum absolute atomic E-state index is 12.0. The van der Waals surface area contributed by atoms with Crippen molar-refractivity contribution in [1.29, 1.82) is 0 Å². The molecule has 23 heavy (non-hydrogen) atoms. The van der Waals surface area contributed by atoms with Crippen LogP contribution in [0.25, 0.3) is 0 Å². The highest BCUT2D eigenvalue weighted by Crippen LogP contribution is 2.15. The summed E-state index contributed by atoms with van der Waals surface area (Å²) in [5, 5.41) is 15.2. The predicted molar refractivity (Wildman–Crippen MR) is 92.4 cm³/mol. The van der Waals surface area contributed by atoms with Gasteiger partial charge in [-0.1, -0.05) is 30.3 Å². The predicted octanol–water partition coefficient (Wildman–Crippen LogP) is 2.84. The number of aliphatic hydroxyl groups excluding tert-OH is 1. The van der Waals surface area contributed by atoms with E-state index in [0.29, 0.717) is 24.3 Å². The molecule has 0 unspecified atom stereocenters. The van der Waals surface area contributed by atoms with Crippen molar-refractivity contribution in [2.75, 3.05) is 17.2 Å². The molecule has 1 heterocycles. The zero-order chi connectivity index (χ0) is 16.7. The van der Waals surface area contributed by atoms with Crippen LogP contribution in [0.4, 0.5) is 11.5 Å². The summed E-state index contributed by atoms with van der Waals surface area (Å²) in [6.07, 6.45) is 2.75.